The Morgan fingerprint density at radius 2 is 1.81 bits per heavy atom. The molecule has 0 fully saturated rings. The van der Waals surface area contributed by atoms with Gasteiger partial charge in [0.25, 0.3) is 5.91 Å². The van der Waals surface area contributed by atoms with E-state index in [1.54, 1.807) is 23.9 Å². The molecular weight excluding hydrogens is 301 g/mol. The second kappa shape index (κ2) is 6.17. The van der Waals surface area contributed by atoms with Crippen molar-refractivity contribution in [3.05, 3.63) is 53.9 Å². The number of carbonyl (C=O) groups excluding carboxylic acids is 1. The molecule has 7 heteroatoms. The average Bonchev–Trinajstić information content (AvgIpc) is 2.47. The number of hydrogen-bond donors (Lipinski definition) is 1. The van der Waals surface area contributed by atoms with E-state index in [0.29, 0.717) is 5.69 Å². The molecule has 0 saturated heterocycles. The molecule has 21 heavy (non-hydrogen) atoms. The number of pyridine rings is 1. The zero-order chi connectivity index (χ0) is 15.5. The molecule has 1 amide bonds. The highest BCUT2D eigenvalue weighted by molar-refractivity contribution is 7.98. The van der Waals surface area contributed by atoms with Gasteiger partial charge < -0.3 is 5.32 Å². The minimum Gasteiger partial charge on any atom is -0.322 e. The van der Waals surface area contributed by atoms with Gasteiger partial charge in [-0.2, -0.15) is 13.2 Å². The third-order valence-electron chi connectivity index (χ3n) is 2.66. The SMILES string of the molecule is CSc1ccc(NC(=O)c2ccc(C(F)(F)F)nc2)cc1. The molecular formula is C14H11F3N2OS. The minimum atomic E-state index is -4.51. The number of nitrogens with one attached hydrogen (secondary N) is 1. The van der Waals surface area contributed by atoms with Crippen molar-refractivity contribution in [3.63, 3.8) is 0 Å². The molecule has 2 rings (SSSR count). The zero-order valence-electron chi connectivity index (χ0n) is 10.9. The van der Waals surface area contributed by atoms with Crippen molar-refractivity contribution in [3.8, 4) is 0 Å². The van der Waals surface area contributed by atoms with E-state index in [2.05, 4.69) is 10.3 Å². The van der Waals surface area contributed by atoms with Crippen molar-refractivity contribution < 1.29 is 18.0 Å². The van der Waals surface area contributed by atoms with Crippen molar-refractivity contribution in [2.75, 3.05) is 11.6 Å². The highest BCUT2D eigenvalue weighted by Gasteiger charge is 2.32. The highest BCUT2D eigenvalue weighted by Crippen LogP contribution is 2.27. The van der Waals surface area contributed by atoms with E-state index in [4.69, 9.17) is 0 Å². The summed E-state index contributed by atoms with van der Waals surface area (Å²) in [5.41, 5.74) is -0.391. The first kappa shape index (κ1) is 15.4. The lowest BCUT2D eigenvalue weighted by atomic mass is 10.2. The van der Waals surface area contributed by atoms with Crippen molar-refractivity contribution in [2.45, 2.75) is 11.1 Å². The van der Waals surface area contributed by atoms with E-state index in [1.807, 2.05) is 18.4 Å². The van der Waals surface area contributed by atoms with Gasteiger partial charge in [0.05, 0.1) is 5.56 Å². The van der Waals surface area contributed by atoms with E-state index < -0.39 is 17.8 Å². The predicted molar refractivity (Wildman–Crippen MR) is 75.4 cm³/mol. The van der Waals surface area contributed by atoms with Gasteiger partial charge in [-0.3, -0.25) is 9.78 Å². The Hall–Kier alpha value is -2.02. The average molecular weight is 312 g/mol. The lowest BCUT2D eigenvalue weighted by molar-refractivity contribution is -0.141. The molecule has 0 saturated carbocycles. The number of thioether (sulfide) groups is 1. The van der Waals surface area contributed by atoms with Crippen molar-refractivity contribution in [1.82, 2.24) is 4.98 Å². The Morgan fingerprint density at radius 3 is 2.29 bits per heavy atom. The lowest BCUT2D eigenvalue weighted by Crippen LogP contribution is -2.14. The van der Waals surface area contributed by atoms with Crippen LogP contribution in [-0.2, 0) is 6.18 Å². The molecule has 3 nitrogen and oxygen atoms in total. The second-order valence-corrected chi connectivity index (χ2v) is 4.99. The molecule has 0 aliphatic rings. The minimum absolute atomic E-state index is 0.0666. The van der Waals surface area contributed by atoms with Crippen LogP contribution in [0.5, 0.6) is 0 Å². The lowest BCUT2D eigenvalue weighted by Gasteiger charge is -2.08. The highest BCUT2D eigenvalue weighted by atomic mass is 32.2. The molecule has 0 unspecified atom stereocenters. The smallest absolute Gasteiger partial charge is 0.322 e. The van der Waals surface area contributed by atoms with Crippen LogP contribution in [0.3, 0.4) is 0 Å². The quantitative estimate of drug-likeness (QED) is 0.869. The van der Waals surface area contributed by atoms with E-state index in [1.165, 1.54) is 0 Å². The summed E-state index contributed by atoms with van der Waals surface area (Å²) in [4.78, 5) is 16.2. The van der Waals surface area contributed by atoms with Crippen LogP contribution in [0.4, 0.5) is 18.9 Å². The van der Waals surface area contributed by atoms with Crippen LogP contribution in [0.1, 0.15) is 16.1 Å². The molecule has 2 aromatic rings. The van der Waals surface area contributed by atoms with Gasteiger partial charge in [-0.15, -0.1) is 11.8 Å². The molecule has 1 aromatic heterocycles. The summed E-state index contributed by atoms with van der Waals surface area (Å²) in [5.74, 6) is -0.506. The Morgan fingerprint density at radius 1 is 1.14 bits per heavy atom. The Labute approximate surface area is 123 Å². The molecule has 0 aliphatic heterocycles. The Bertz CT molecular complexity index is 624. The van der Waals surface area contributed by atoms with Gasteiger partial charge in [0.2, 0.25) is 0 Å². The number of aromatic nitrogens is 1. The number of hydrogen-bond acceptors (Lipinski definition) is 3. The number of amides is 1. The molecule has 0 radical (unpaired) electrons. The van der Waals surface area contributed by atoms with E-state index in [-0.39, 0.29) is 5.56 Å². The first-order chi connectivity index (χ1) is 9.90. The Kier molecular flexibility index (Phi) is 4.52. The van der Waals surface area contributed by atoms with Gasteiger partial charge in [0, 0.05) is 16.8 Å². The third kappa shape index (κ3) is 3.98. The maximum atomic E-state index is 12.4. The standard InChI is InChI=1S/C14H11F3N2OS/c1-21-11-5-3-10(4-6-11)19-13(20)9-2-7-12(18-8-9)14(15,16)17/h2-8H,1H3,(H,19,20). The fraction of sp³-hybridized carbons (Fsp3) is 0.143. The largest absolute Gasteiger partial charge is 0.433 e. The van der Waals surface area contributed by atoms with Gasteiger partial charge in [-0.25, -0.2) is 0 Å². The number of alkyl halides is 3. The number of halogens is 3. The maximum absolute atomic E-state index is 12.4. The summed E-state index contributed by atoms with van der Waals surface area (Å²) in [6, 6.07) is 9.01. The number of carbonyl (C=O) groups is 1. The van der Waals surface area contributed by atoms with Crippen molar-refractivity contribution in [1.29, 1.82) is 0 Å². The van der Waals surface area contributed by atoms with Crippen molar-refractivity contribution in [2.24, 2.45) is 0 Å². The van der Waals surface area contributed by atoms with Crippen LogP contribution in [-0.4, -0.2) is 17.1 Å². The van der Waals surface area contributed by atoms with Gasteiger partial charge in [-0.05, 0) is 42.7 Å². The summed E-state index contributed by atoms with van der Waals surface area (Å²) in [6.45, 7) is 0. The molecule has 1 N–H and O–H groups in total. The summed E-state index contributed by atoms with van der Waals surface area (Å²) < 4.78 is 37.1. The summed E-state index contributed by atoms with van der Waals surface area (Å²) in [6.07, 6.45) is -1.67. The van der Waals surface area contributed by atoms with Gasteiger partial charge >= 0.3 is 6.18 Å². The Balaban J connectivity index is 2.09. The van der Waals surface area contributed by atoms with Crippen LogP contribution in [0, 0.1) is 0 Å². The normalized spacial score (nSPS) is 11.2. The molecule has 0 spiro atoms. The first-order valence-corrected chi connectivity index (χ1v) is 7.11. The number of anilines is 1. The molecule has 1 aromatic carbocycles. The summed E-state index contributed by atoms with van der Waals surface area (Å²) in [5, 5.41) is 2.60. The summed E-state index contributed by atoms with van der Waals surface area (Å²) >= 11 is 1.57. The van der Waals surface area contributed by atoms with Gasteiger partial charge in [0.15, 0.2) is 0 Å². The number of nitrogens with zero attached hydrogens (tertiary/aromatic N) is 1. The fourth-order valence-corrected chi connectivity index (χ4v) is 1.98. The monoisotopic (exact) mass is 312 g/mol. The van der Waals surface area contributed by atoms with Gasteiger partial charge in [-0.1, -0.05) is 0 Å². The fourth-order valence-electron chi connectivity index (χ4n) is 1.57. The number of benzene rings is 1. The van der Waals surface area contributed by atoms with E-state index >= 15 is 0 Å². The van der Waals surface area contributed by atoms with E-state index in [9.17, 15) is 18.0 Å². The molecule has 0 bridgehead atoms. The first-order valence-electron chi connectivity index (χ1n) is 5.89. The van der Waals surface area contributed by atoms with Crippen LogP contribution >= 0.6 is 11.8 Å². The van der Waals surface area contributed by atoms with Gasteiger partial charge in [0.1, 0.15) is 5.69 Å². The zero-order valence-corrected chi connectivity index (χ0v) is 11.8. The molecule has 0 atom stereocenters. The van der Waals surface area contributed by atoms with Crippen LogP contribution in [0.25, 0.3) is 0 Å². The maximum Gasteiger partial charge on any atom is 0.433 e. The third-order valence-corrected chi connectivity index (χ3v) is 3.41. The van der Waals surface area contributed by atoms with E-state index in [0.717, 1.165) is 23.2 Å². The molecule has 0 aliphatic carbocycles. The number of rotatable bonds is 3. The molecule has 1 heterocycles. The molecule has 110 valence electrons. The van der Waals surface area contributed by atoms with Crippen LogP contribution in [0.2, 0.25) is 0 Å². The summed E-state index contributed by atoms with van der Waals surface area (Å²) in [7, 11) is 0. The predicted octanol–water partition coefficient (Wildman–Crippen LogP) is 4.07. The van der Waals surface area contributed by atoms with Crippen molar-refractivity contribution >= 4 is 23.4 Å². The second-order valence-electron chi connectivity index (χ2n) is 4.11. The van der Waals surface area contributed by atoms with Crippen LogP contribution < -0.4 is 5.32 Å². The van der Waals surface area contributed by atoms with Crippen LogP contribution in [0.15, 0.2) is 47.5 Å². The topological polar surface area (TPSA) is 42.0 Å².